The van der Waals surface area contributed by atoms with Gasteiger partial charge in [-0.15, -0.1) is 0 Å². The molecule has 0 saturated carbocycles. The fraction of sp³-hybridized carbons (Fsp3) is 0.333. The second-order valence-electron chi connectivity index (χ2n) is 6.45. The van der Waals surface area contributed by atoms with Gasteiger partial charge in [0.15, 0.2) is 0 Å². The molecule has 2 aromatic carbocycles. The average Bonchev–Trinajstić information content (AvgIpc) is 2.63. The molecular weight excluding hydrogens is 369 g/mol. The van der Waals surface area contributed by atoms with E-state index < -0.39 is 17.6 Å². The summed E-state index contributed by atoms with van der Waals surface area (Å²) >= 11 is 0. The summed E-state index contributed by atoms with van der Waals surface area (Å²) in [5.74, 6) is -0.922. The van der Waals surface area contributed by atoms with Crippen LogP contribution in [0.15, 0.2) is 42.5 Å². The molecular formula is C21H23F3N2O2. The lowest BCUT2D eigenvalue weighted by Gasteiger charge is -2.24. The first-order valence-electron chi connectivity index (χ1n) is 8.97. The molecule has 0 aliphatic carbocycles. The maximum absolute atomic E-state index is 13.3. The lowest BCUT2D eigenvalue weighted by Crippen LogP contribution is -2.33. The van der Waals surface area contributed by atoms with Crippen molar-refractivity contribution in [3.63, 3.8) is 0 Å². The molecule has 0 aromatic heterocycles. The number of nitrogens with zero attached hydrogens (tertiary/aromatic N) is 1. The number of aryl methyl sites for hydroxylation is 2. The highest BCUT2D eigenvalue weighted by molar-refractivity contribution is 5.96. The van der Waals surface area contributed by atoms with Gasteiger partial charge in [-0.1, -0.05) is 37.3 Å². The van der Waals surface area contributed by atoms with E-state index in [0.717, 1.165) is 28.5 Å². The molecule has 0 aliphatic rings. The molecule has 0 aliphatic heterocycles. The van der Waals surface area contributed by atoms with Crippen molar-refractivity contribution in [1.82, 2.24) is 0 Å². The molecule has 0 bridgehead atoms. The Morgan fingerprint density at radius 1 is 1.07 bits per heavy atom. The Labute approximate surface area is 162 Å². The van der Waals surface area contributed by atoms with E-state index in [0.29, 0.717) is 5.69 Å². The van der Waals surface area contributed by atoms with Gasteiger partial charge in [-0.25, -0.2) is 0 Å². The molecule has 28 heavy (non-hydrogen) atoms. The van der Waals surface area contributed by atoms with Crippen LogP contribution in [0.3, 0.4) is 0 Å². The first-order valence-corrected chi connectivity index (χ1v) is 8.97. The summed E-state index contributed by atoms with van der Waals surface area (Å²) in [4.78, 5) is 25.4. The minimum atomic E-state index is -4.59. The summed E-state index contributed by atoms with van der Waals surface area (Å²) in [6, 6.07) is 10.5. The van der Waals surface area contributed by atoms with Crippen molar-refractivity contribution >= 4 is 23.2 Å². The monoisotopic (exact) mass is 392 g/mol. The van der Waals surface area contributed by atoms with Gasteiger partial charge in [0.1, 0.15) is 0 Å². The maximum atomic E-state index is 13.3. The smallest absolute Gasteiger partial charge is 0.326 e. The summed E-state index contributed by atoms with van der Waals surface area (Å²) in [6.45, 7) is 4.87. The zero-order chi connectivity index (χ0) is 20.9. The van der Waals surface area contributed by atoms with E-state index in [1.165, 1.54) is 25.1 Å². The molecule has 7 heteroatoms. The Bertz CT molecular complexity index is 863. The fourth-order valence-electron chi connectivity index (χ4n) is 3.01. The molecule has 2 amide bonds. The summed E-state index contributed by atoms with van der Waals surface area (Å²) in [7, 11) is 0. The highest BCUT2D eigenvalue weighted by Gasteiger charge is 2.35. The Morgan fingerprint density at radius 2 is 1.75 bits per heavy atom. The molecule has 2 rings (SSSR count). The quantitative estimate of drug-likeness (QED) is 0.756. The van der Waals surface area contributed by atoms with E-state index in [1.54, 1.807) is 0 Å². The molecule has 1 N–H and O–H groups in total. The van der Waals surface area contributed by atoms with Crippen LogP contribution < -0.4 is 10.2 Å². The van der Waals surface area contributed by atoms with E-state index in [1.807, 2.05) is 32.0 Å². The molecule has 2 aromatic rings. The highest BCUT2D eigenvalue weighted by Crippen LogP contribution is 2.36. The normalized spacial score (nSPS) is 11.2. The lowest BCUT2D eigenvalue weighted by molar-refractivity contribution is -0.137. The van der Waals surface area contributed by atoms with Gasteiger partial charge < -0.3 is 10.2 Å². The number of amides is 2. The number of nitrogens with one attached hydrogen (secondary N) is 1. The van der Waals surface area contributed by atoms with E-state index in [2.05, 4.69) is 5.32 Å². The summed E-state index contributed by atoms with van der Waals surface area (Å²) in [5.41, 5.74) is 1.43. The van der Waals surface area contributed by atoms with Crippen LogP contribution in [0.4, 0.5) is 24.5 Å². The molecule has 150 valence electrons. The van der Waals surface area contributed by atoms with Gasteiger partial charge in [0.2, 0.25) is 11.8 Å². The van der Waals surface area contributed by atoms with Gasteiger partial charge in [0.25, 0.3) is 0 Å². The number of alkyl halides is 3. The largest absolute Gasteiger partial charge is 0.418 e. The van der Waals surface area contributed by atoms with Gasteiger partial charge in [0, 0.05) is 25.6 Å². The van der Waals surface area contributed by atoms with Crippen LogP contribution in [0.2, 0.25) is 0 Å². The van der Waals surface area contributed by atoms with E-state index >= 15 is 0 Å². The molecule has 0 fully saturated rings. The summed E-state index contributed by atoms with van der Waals surface area (Å²) in [6.07, 6.45) is -3.98. The van der Waals surface area contributed by atoms with Crippen LogP contribution >= 0.6 is 0 Å². The van der Waals surface area contributed by atoms with Gasteiger partial charge in [-0.2, -0.15) is 13.2 Å². The molecule has 0 radical (unpaired) electrons. The third-order valence-electron chi connectivity index (χ3n) is 4.45. The van der Waals surface area contributed by atoms with Crippen molar-refractivity contribution in [2.75, 3.05) is 16.8 Å². The Kier molecular flexibility index (Phi) is 6.83. The molecule has 0 unspecified atom stereocenters. The van der Waals surface area contributed by atoms with Crippen molar-refractivity contribution in [3.05, 3.63) is 59.2 Å². The van der Waals surface area contributed by atoms with E-state index in [9.17, 15) is 22.8 Å². The van der Waals surface area contributed by atoms with Crippen molar-refractivity contribution in [2.45, 2.75) is 39.8 Å². The lowest BCUT2D eigenvalue weighted by atomic mass is 10.1. The van der Waals surface area contributed by atoms with Crippen LogP contribution in [0.5, 0.6) is 0 Å². The van der Waals surface area contributed by atoms with E-state index in [-0.39, 0.29) is 24.6 Å². The van der Waals surface area contributed by atoms with Gasteiger partial charge >= 0.3 is 6.18 Å². The van der Waals surface area contributed by atoms with Crippen molar-refractivity contribution < 1.29 is 22.8 Å². The highest BCUT2D eigenvalue weighted by atomic mass is 19.4. The summed E-state index contributed by atoms with van der Waals surface area (Å²) in [5, 5.41) is 2.82. The van der Waals surface area contributed by atoms with Crippen LogP contribution in [0, 0.1) is 6.92 Å². The predicted molar refractivity (Wildman–Crippen MR) is 103 cm³/mol. The average molecular weight is 392 g/mol. The number of para-hydroxylation sites is 2. The van der Waals surface area contributed by atoms with Crippen molar-refractivity contribution in [2.24, 2.45) is 0 Å². The predicted octanol–water partition coefficient (Wildman–Crippen LogP) is 4.96. The second-order valence-corrected chi connectivity index (χ2v) is 6.45. The molecule has 4 nitrogen and oxygen atoms in total. The molecule has 0 heterocycles. The topological polar surface area (TPSA) is 49.4 Å². The SMILES string of the molecule is CCc1cccc(C)c1NC(=O)CCN(C(C)=O)c1ccccc1C(F)(F)F. The van der Waals surface area contributed by atoms with Gasteiger partial charge in [-0.05, 0) is 36.6 Å². The van der Waals surface area contributed by atoms with E-state index in [4.69, 9.17) is 0 Å². The number of halogens is 3. The number of carbonyl (C=O) groups is 2. The van der Waals surface area contributed by atoms with Crippen LogP contribution in [0.1, 0.15) is 37.0 Å². The first kappa shape index (κ1) is 21.5. The zero-order valence-electron chi connectivity index (χ0n) is 16.1. The maximum Gasteiger partial charge on any atom is 0.418 e. The molecule has 0 saturated heterocycles. The molecule has 0 spiro atoms. The van der Waals surface area contributed by atoms with Gasteiger partial charge in [0.05, 0.1) is 11.3 Å². The number of rotatable bonds is 6. The molecule has 0 atom stereocenters. The number of hydrogen-bond donors (Lipinski definition) is 1. The van der Waals surface area contributed by atoms with Crippen LogP contribution in [-0.4, -0.2) is 18.4 Å². The Balaban J connectivity index is 2.18. The van der Waals surface area contributed by atoms with Crippen molar-refractivity contribution in [1.29, 1.82) is 0 Å². The fourth-order valence-corrected chi connectivity index (χ4v) is 3.01. The third kappa shape index (κ3) is 5.12. The third-order valence-corrected chi connectivity index (χ3v) is 4.45. The minimum Gasteiger partial charge on any atom is -0.326 e. The minimum absolute atomic E-state index is 0.122. The Hall–Kier alpha value is -2.83. The van der Waals surface area contributed by atoms with Crippen LogP contribution in [0.25, 0.3) is 0 Å². The number of hydrogen-bond acceptors (Lipinski definition) is 2. The zero-order valence-corrected chi connectivity index (χ0v) is 16.1. The second kappa shape index (κ2) is 8.91. The van der Waals surface area contributed by atoms with Crippen LogP contribution in [-0.2, 0) is 22.2 Å². The number of carbonyl (C=O) groups excluding carboxylic acids is 2. The van der Waals surface area contributed by atoms with Gasteiger partial charge in [-0.3, -0.25) is 9.59 Å². The Morgan fingerprint density at radius 3 is 2.36 bits per heavy atom. The standard InChI is InChI=1S/C21H23F3N2O2/c1-4-16-9-7-8-14(2)20(16)25-19(28)12-13-26(15(3)27)18-11-6-5-10-17(18)21(22,23)24/h5-11H,4,12-13H2,1-3H3,(H,25,28). The first-order chi connectivity index (χ1) is 13.1. The van der Waals surface area contributed by atoms with Crippen molar-refractivity contribution in [3.8, 4) is 0 Å². The number of benzene rings is 2. The summed E-state index contributed by atoms with van der Waals surface area (Å²) < 4.78 is 39.8. The number of anilines is 2.